The van der Waals surface area contributed by atoms with Crippen molar-refractivity contribution in [3.8, 4) is 17.0 Å². The van der Waals surface area contributed by atoms with Gasteiger partial charge in [-0.25, -0.2) is 21.8 Å². The van der Waals surface area contributed by atoms with E-state index in [2.05, 4.69) is 15.3 Å². The maximum absolute atomic E-state index is 13.7. The molecular formula is C21H19FN4O4S. The number of benzene rings is 2. The molecule has 10 heteroatoms. The number of hydrogen-bond donors (Lipinski definition) is 2. The van der Waals surface area contributed by atoms with Crippen LogP contribution < -0.4 is 10.1 Å². The third-order valence-corrected chi connectivity index (χ3v) is 6.43. The molecule has 0 radical (unpaired) electrons. The summed E-state index contributed by atoms with van der Waals surface area (Å²) < 4.78 is 46.7. The van der Waals surface area contributed by atoms with E-state index in [1.807, 2.05) is 0 Å². The van der Waals surface area contributed by atoms with Crippen LogP contribution in [0.4, 0.5) is 10.3 Å². The van der Waals surface area contributed by atoms with Gasteiger partial charge in [-0.05, 0) is 43.3 Å². The normalized spacial score (nSPS) is 11.6. The Kier molecular flexibility index (Phi) is 5.02. The van der Waals surface area contributed by atoms with Crippen molar-refractivity contribution in [2.75, 3.05) is 12.4 Å². The maximum Gasteiger partial charge on any atom is 0.268 e. The molecule has 2 aromatic heterocycles. The molecule has 8 nitrogen and oxygen atoms in total. The molecule has 0 unspecified atom stereocenters. The van der Waals surface area contributed by atoms with Crippen molar-refractivity contribution in [2.24, 2.45) is 0 Å². The average molecular weight is 442 g/mol. The lowest BCUT2D eigenvalue weighted by atomic mass is 10.1. The number of fused-ring (bicyclic) bond motifs is 1. The summed E-state index contributed by atoms with van der Waals surface area (Å²) in [7, 11) is -2.58. The number of anilines is 1. The van der Waals surface area contributed by atoms with Gasteiger partial charge in [-0.15, -0.1) is 0 Å². The smallest absolute Gasteiger partial charge is 0.268 e. The van der Waals surface area contributed by atoms with E-state index < -0.39 is 15.8 Å². The number of aromatic nitrogens is 3. The number of aryl methyl sites for hydroxylation is 1. The molecule has 31 heavy (non-hydrogen) atoms. The molecule has 4 rings (SSSR count). The lowest BCUT2D eigenvalue weighted by Gasteiger charge is -2.08. The predicted molar refractivity (Wildman–Crippen MR) is 114 cm³/mol. The highest BCUT2D eigenvalue weighted by atomic mass is 32.2. The summed E-state index contributed by atoms with van der Waals surface area (Å²) >= 11 is 0. The molecule has 1 amide bonds. The molecule has 0 aliphatic rings. The third kappa shape index (κ3) is 3.66. The summed E-state index contributed by atoms with van der Waals surface area (Å²) in [5.41, 5.74) is 1.99. The van der Waals surface area contributed by atoms with E-state index in [-0.39, 0.29) is 16.8 Å². The molecule has 0 atom stereocenters. The van der Waals surface area contributed by atoms with Gasteiger partial charge in [-0.1, -0.05) is 6.07 Å². The number of amides is 1. The van der Waals surface area contributed by atoms with Crippen LogP contribution in [0.3, 0.4) is 0 Å². The van der Waals surface area contributed by atoms with E-state index in [1.54, 1.807) is 25.1 Å². The summed E-state index contributed by atoms with van der Waals surface area (Å²) in [6.45, 7) is 3.12. The molecule has 2 N–H and O–H groups in total. The van der Waals surface area contributed by atoms with Crippen molar-refractivity contribution in [3.63, 3.8) is 0 Å². The van der Waals surface area contributed by atoms with Gasteiger partial charge in [0.15, 0.2) is 0 Å². The summed E-state index contributed by atoms with van der Waals surface area (Å²) in [4.78, 5) is 18.6. The lowest BCUT2D eigenvalue weighted by Crippen LogP contribution is -2.12. The van der Waals surface area contributed by atoms with Crippen LogP contribution in [0.15, 0.2) is 53.6 Å². The largest absolute Gasteiger partial charge is 0.497 e. The molecule has 2 heterocycles. The molecule has 160 valence electrons. The van der Waals surface area contributed by atoms with Crippen LogP contribution in [0.5, 0.6) is 5.75 Å². The minimum atomic E-state index is -4.09. The first-order valence-corrected chi connectivity index (χ1v) is 10.7. The summed E-state index contributed by atoms with van der Waals surface area (Å²) in [5, 5.41) is 3.15. The third-order valence-electron chi connectivity index (χ3n) is 4.76. The second-order valence-electron chi connectivity index (χ2n) is 6.92. The van der Waals surface area contributed by atoms with Crippen molar-refractivity contribution in [3.05, 3.63) is 60.2 Å². The fourth-order valence-electron chi connectivity index (χ4n) is 3.38. The van der Waals surface area contributed by atoms with E-state index in [1.165, 1.54) is 38.4 Å². The van der Waals surface area contributed by atoms with E-state index >= 15 is 0 Å². The average Bonchev–Trinajstić information content (AvgIpc) is 3.27. The highest BCUT2D eigenvalue weighted by Gasteiger charge is 2.24. The second-order valence-corrected chi connectivity index (χ2v) is 8.74. The fraction of sp³-hybridized carbons (Fsp3) is 0.143. The molecule has 4 aromatic rings. The number of nitrogens with one attached hydrogen (secondary N) is 2. The Hall–Kier alpha value is -3.66. The first kappa shape index (κ1) is 20.6. The van der Waals surface area contributed by atoms with Crippen molar-refractivity contribution >= 4 is 32.8 Å². The molecule has 0 spiro atoms. The van der Waals surface area contributed by atoms with Crippen molar-refractivity contribution in [1.29, 1.82) is 0 Å². The number of carbonyl (C=O) groups is 1. The van der Waals surface area contributed by atoms with E-state index in [9.17, 15) is 17.6 Å². The lowest BCUT2D eigenvalue weighted by molar-refractivity contribution is -0.114. The van der Waals surface area contributed by atoms with Crippen LogP contribution in [0.2, 0.25) is 0 Å². The van der Waals surface area contributed by atoms with Crippen LogP contribution in [0, 0.1) is 12.7 Å². The van der Waals surface area contributed by atoms with Gasteiger partial charge in [0.05, 0.1) is 23.2 Å². The van der Waals surface area contributed by atoms with Crippen molar-refractivity contribution in [1.82, 2.24) is 13.9 Å². The van der Waals surface area contributed by atoms with Crippen LogP contribution in [0.25, 0.3) is 22.2 Å². The molecule has 0 saturated heterocycles. The minimum Gasteiger partial charge on any atom is -0.497 e. The van der Waals surface area contributed by atoms with Crippen LogP contribution in [-0.2, 0) is 14.8 Å². The molecule has 0 saturated carbocycles. The van der Waals surface area contributed by atoms with Gasteiger partial charge in [0, 0.05) is 29.8 Å². The molecule has 0 fully saturated rings. The van der Waals surface area contributed by atoms with Crippen LogP contribution in [-0.4, -0.2) is 35.4 Å². The number of aromatic amines is 1. The SMILES string of the molecule is COc1ccc2c(c1)c(-c1nc(NC(C)=O)[nH]c1C)cn2S(=O)(=O)c1cccc(F)c1. The number of H-pyrrole nitrogens is 1. The van der Waals surface area contributed by atoms with Crippen LogP contribution >= 0.6 is 0 Å². The standard InChI is InChI=1S/C21H19FN4O4S/c1-12-20(25-21(23-12)24-13(2)27)18-11-26(19-8-7-15(30-3)10-17(18)19)31(28,29)16-6-4-5-14(22)9-16/h4-11H,1-3H3,(H2,23,24,25,27). The summed E-state index contributed by atoms with van der Waals surface area (Å²) in [5.74, 6) is -0.165. The Morgan fingerprint density at radius 1 is 1.23 bits per heavy atom. The van der Waals surface area contributed by atoms with Gasteiger partial charge in [-0.2, -0.15) is 0 Å². The Labute approximate surface area is 177 Å². The number of nitrogens with zero attached hydrogens (tertiary/aromatic N) is 2. The Morgan fingerprint density at radius 3 is 2.68 bits per heavy atom. The van der Waals surface area contributed by atoms with Gasteiger partial charge >= 0.3 is 0 Å². The van der Waals surface area contributed by atoms with Gasteiger partial charge in [0.2, 0.25) is 11.9 Å². The number of ether oxygens (including phenoxy) is 1. The highest BCUT2D eigenvalue weighted by Crippen LogP contribution is 2.36. The Morgan fingerprint density at radius 2 is 2.00 bits per heavy atom. The Bertz CT molecular complexity index is 1420. The monoisotopic (exact) mass is 442 g/mol. The van der Waals surface area contributed by atoms with E-state index in [0.29, 0.717) is 33.6 Å². The number of rotatable bonds is 5. The second kappa shape index (κ2) is 7.55. The zero-order valence-electron chi connectivity index (χ0n) is 16.9. The maximum atomic E-state index is 13.7. The quantitative estimate of drug-likeness (QED) is 0.490. The zero-order chi connectivity index (χ0) is 22.3. The molecule has 2 aromatic carbocycles. The van der Waals surface area contributed by atoms with Gasteiger partial charge in [0.25, 0.3) is 10.0 Å². The molecule has 0 aliphatic heterocycles. The van der Waals surface area contributed by atoms with Crippen molar-refractivity contribution in [2.45, 2.75) is 18.7 Å². The van der Waals surface area contributed by atoms with Gasteiger partial charge in [-0.3, -0.25) is 10.1 Å². The summed E-state index contributed by atoms with van der Waals surface area (Å²) in [6, 6.07) is 9.79. The number of halogens is 1. The number of imidazole rings is 1. The summed E-state index contributed by atoms with van der Waals surface area (Å²) in [6.07, 6.45) is 1.44. The van der Waals surface area contributed by atoms with E-state index in [0.717, 1.165) is 10.0 Å². The first-order chi connectivity index (χ1) is 14.7. The number of methoxy groups -OCH3 is 1. The zero-order valence-corrected chi connectivity index (χ0v) is 17.7. The van der Waals surface area contributed by atoms with Gasteiger partial charge < -0.3 is 9.72 Å². The number of carbonyl (C=O) groups excluding carboxylic acids is 1. The Balaban J connectivity index is 1.98. The van der Waals surface area contributed by atoms with Crippen LogP contribution in [0.1, 0.15) is 12.6 Å². The van der Waals surface area contributed by atoms with Gasteiger partial charge in [0.1, 0.15) is 11.6 Å². The molecule has 0 bridgehead atoms. The molecule has 0 aliphatic carbocycles. The topological polar surface area (TPSA) is 106 Å². The van der Waals surface area contributed by atoms with Crippen molar-refractivity contribution < 1.29 is 22.3 Å². The van der Waals surface area contributed by atoms with E-state index in [4.69, 9.17) is 4.74 Å². The minimum absolute atomic E-state index is 0.176. The highest BCUT2D eigenvalue weighted by molar-refractivity contribution is 7.90. The first-order valence-electron chi connectivity index (χ1n) is 9.25. The molecular weight excluding hydrogens is 423 g/mol. The predicted octanol–water partition coefficient (Wildman–Crippen LogP) is 3.68. The fourth-order valence-corrected chi connectivity index (χ4v) is 4.79. The number of hydrogen-bond acceptors (Lipinski definition) is 5.